The molecule has 1 nitrogen and oxygen atoms in total. The third-order valence-corrected chi connectivity index (χ3v) is 12.2. The Morgan fingerprint density at radius 2 is 0.981 bits per heavy atom. The predicted molar refractivity (Wildman–Crippen MR) is 235 cm³/mol. The van der Waals surface area contributed by atoms with Crippen LogP contribution in [0.3, 0.4) is 0 Å². The Labute approximate surface area is 317 Å². The van der Waals surface area contributed by atoms with Crippen LogP contribution in [0.1, 0.15) is 0 Å². The van der Waals surface area contributed by atoms with E-state index in [1.807, 2.05) is 11.3 Å². The maximum atomic E-state index is 2.46. The van der Waals surface area contributed by atoms with E-state index in [9.17, 15) is 0 Å². The maximum absolute atomic E-state index is 2.46. The number of nitrogens with zero attached hydrogens (tertiary/aromatic N) is 1. The second-order valence-corrected chi connectivity index (χ2v) is 15.1. The van der Waals surface area contributed by atoms with Gasteiger partial charge in [0.2, 0.25) is 0 Å². The van der Waals surface area contributed by atoms with Crippen molar-refractivity contribution >= 4 is 91.7 Å². The summed E-state index contributed by atoms with van der Waals surface area (Å²) < 4.78 is 2.66. The van der Waals surface area contributed by atoms with Gasteiger partial charge in [-0.05, 0) is 91.0 Å². The van der Waals surface area contributed by atoms with Gasteiger partial charge in [0, 0.05) is 42.3 Å². The molecule has 0 atom stereocenters. The van der Waals surface area contributed by atoms with Crippen LogP contribution in [-0.4, -0.2) is 0 Å². The summed E-state index contributed by atoms with van der Waals surface area (Å²) in [5.74, 6) is 0. The van der Waals surface area contributed by atoms with E-state index < -0.39 is 0 Å². The van der Waals surface area contributed by atoms with E-state index in [1.165, 1.54) is 85.5 Å². The zero-order valence-corrected chi connectivity index (χ0v) is 30.2. The van der Waals surface area contributed by atoms with Crippen molar-refractivity contribution in [1.82, 2.24) is 0 Å². The smallest absolute Gasteiger partial charge is 0.0546 e. The van der Waals surface area contributed by atoms with Crippen molar-refractivity contribution in [1.29, 1.82) is 0 Å². The molecule has 11 rings (SSSR count). The SMILES string of the molecule is c1ccc(-c2cccc(N(c3ccc(-c4cccc5c4sc4ccccc45)cc3)c3cc4ccccc4c4c3ccc3ccc5ccccc5c34)c2)cc1. The monoisotopic (exact) mass is 703 g/mol. The highest BCUT2D eigenvalue weighted by atomic mass is 32.1. The molecule has 0 unspecified atom stereocenters. The van der Waals surface area contributed by atoms with E-state index in [2.05, 4.69) is 205 Å². The molecule has 0 saturated heterocycles. The number of rotatable bonds is 5. The molecule has 2 heteroatoms. The van der Waals surface area contributed by atoms with Gasteiger partial charge in [-0.15, -0.1) is 11.3 Å². The minimum absolute atomic E-state index is 1.11. The molecule has 0 fully saturated rings. The van der Waals surface area contributed by atoms with Crippen LogP contribution in [0.25, 0.3) is 85.5 Å². The van der Waals surface area contributed by atoms with Crippen molar-refractivity contribution in [3.63, 3.8) is 0 Å². The molecule has 0 aliphatic heterocycles. The predicted octanol–water partition coefficient (Wildman–Crippen LogP) is 15.5. The minimum atomic E-state index is 1.11. The lowest BCUT2D eigenvalue weighted by Crippen LogP contribution is -2.11. The van der Waals surface area contributed by atoms with E-state index in [4.69, 9.17) is 0 Å². The fraction of sp³-hybridized carbons (Fsp3) is 0. The van der Waals surface area contributed by atoms with Crippen molar-refractivity contribution < 1.29 is 0 Å². The fourth-order valence-corrected chi connectivity index (χ4v) is 9.74. The fourth-order valence-electron chi connectivity index (χ4n) is 8.50. The van der Waals surface area contributed by atoms with Gasteiger partial charge in [-0.1, -0.05) is 164 Å². The lowest BCUT2D eigenvalue weighted by Gasteiger charge is -2.28. The Morgan fingerprint density at radius 3 is 1.83 bits per heavy atom. The largest absolute Gasteiger partial charge is 0.310 e. The minimum Gasteiger partial charge on any atom is -0.310 e. The summed E-state index contributed by atoms with van der Waals surface area (Å²) in [7, 11) is 0. The van der Waals surface area contributed by atoms with E-state index in [-0.39, 0.29) is 0 Å². The van der Waals surface area contributed by atoms with Gasteiger partial charge in [0.05, 0.1) is 5.69 Å². The first-order chi connectivity index (χ1) is 26.8. The molecule has 0 bridgehead atoms. The molecule has 252 valence electrons. The molecule has 10 aromatic carbocycles. The molecule has 0 radical (unpaired) electrons. The van der Waals surface area contributed by atoms with Gasteiger partial charge < -0.3 is 4.90 Å². The van der Waals surface area contributed by atoms with E-state index >= 15 is 0 Å². The maximum Gasteiger partial charge on any atom is 0.0546 e. The average molecular weight is 704 g/mol. The van der Waals surface area contributed by atoms with Crippen LogP contribution in [0.15, 0.2) is 200 Å². The van der Waals surface area contributed by atoms with Gasteiger partial charge in [-0.2, -0.15) is 0 Å². The summed E-state index contributed by atoms with van der Waals surface area (Å²) in [4.78, 5) is 2.46. The van der Waals surface area contributed by atoms with Crippen molar-refractivity contribution in [2.75, 3.05) is 4.90 Å². The van der Waals surface area contributed by atoms with Crippen LogP contribution in [0.4, 0.5) is 17.1 Å². The Kier molecular flexibility index (Phi) is 7.11. The molecule has 0 aliphatic rings. The molecule has 0 saturated carbocycles. The summed E-state index contributed by atoms with van der Waals surface area (Å²) in [5, 5.41) is 12.7. The number of hydrogen-bond acceptors (Lipinski definition) is 2. The molecule has 1 heterocycles. The third kappa shape index (κ3) is 4.92. The second-order valence-electron chi connectivity index (χ2n) is 14.1. The van der Waals surface area contributed by atoms with E-state index in [0.717, 1.165) is 17.1 Å². The zero-order chi connectivity index (χ0) is 35.6. The third-order valence-electron chi connectivity index (χ3n) is 11.0. The molecule has 0 amide bonds. The summed E-state index contributed by atoms with van der Waals surface area (Å²) in [5.41, 5.74) is 8.26. The summed E-state index contributed by atoms with van der Waals surface area (Å²) in [6.07, 6.45) is 0. The average Bonchev–Trinajstić information content (AvgIpc) is 3.63. The molecule has 1 aromatic heterocycles. The van der Waals surface area contributed by atoms with Crippen molar-refractivity contribution in [2.24, 2.45) is 0 Å². The Hall–Kier alpha value is -6.74. The number of anilines is 3. The van der Waals surface area contributed by atoms with Gasteiger partial charge in [0.15, 0.2) is 0 Å². The highest BCUT2D eigenvalue weighted by molar-refractivity contribution is 7.26. The summed E-state index contributed by atoms with van der Waals surface area (Å²) >= 11 is 1.88. The highest BCUT2D eigenvalue weighted by Crippen LogP contribution is 2.47. The molecule has 11 aromatic rings. The van der Waals surface area contributed by atoms with Crippen LogP contribution in [-0.2, 0) is 0 Å². The summed E-state index contributed by atoms with van der Waals surface area (Å²) in [6, 6.07) is 73.5. The quantitative estimate of drug-likeness (QED) is 0.161. The molecule has 0 aliphatic carbocycles. The standard InChI is InChI=1S/C52H33NS/c1-2-12-34(13-3-1)38-16-10-17-41(32-38)53(40-29-26-36(27-30-40)44-21-11-22-46-45-20-8-9-23-49(45)54-52(44)46)48-33-39-15-5-7-19-43(39)51-47(48)31-28-37-25-24-35-14-4-6-18-42(35)50(37)51/h1-33H. The number of hydrogen-bond donors (Lipinski definition) is 0. The van der Waals surface area contributed by atoms with Crippen molar-refractivity contribution in [3.05, 3.63) is 200 Å². The summed E-state index contributed by atoms with van der Waals surface area (Å²) in [6.45, 7) is 0. The Balaban J connectivity index is 1.17. The number of benzene rings is 10. The molecule has 54 heavy (non-hydrogen) atoms. The van der Waals surface area contributed by atoms with E-state index in [0.29, 0.717) is 0 Å². The first-order valence-corrected chi connectivity index (χ1v) is 19.3. The highest BCUT2D eigenvalue weighted by Gasteiger charge is 2.20. The van der Waals surface area contributed by atoms with Crippen LogP contribution < -0.4 is 4.90 Å². The second kappa shape index (κ2) is 12.4. The topological polar surface area (TPSA) is 3.24 Å². The van der Waals surface area contributed by atoms with Gasteiger partial charge in [-0.3, -0.25) is 0 Å². The van der Waals surface area contributed by atoms with Gasteiger partial charge in [0.1, 0.15) is 0 Å². The van der Waals surface area contributed by atoms with Crippen molar-refractivity contribution in [2.45, 2.75) is 0 Å². The normalized spacial score (nSPS) is 11.7. The van der Waals surface area contributed by atoms with Gasteiger partial charge in [0.25, 0.3) is 0 Å². The van der Waals surface area contributed by atoms with Crippen molar-refractivity contribution in [3.8, 4) is 22.3 Å². The van der Waals surface area contributed by atoms with Gasteiger partial charge in [-0.25, -0.2) is 0 Å². The lowest BCUT2D eigenvalue weighted by atomic mass is 9.91. The Morgan fingerprint density at radius 1 is 0.333 bits per heavy atom. The number of fused-ring (bicyclic) bond motifs is 10. The first-order valence-electron chi connectivity index (χ1n) is 18.5. The Bertz CT molecular complexity index is 3210. The van der Waals surface area contributed by atoms with Crippen LogP contribution in [0, 0.1) is 0 Å². The molecular formula is C52H33NS. The number of thiophene rings is 1. The van der Waals surface area contributed by atoms with Crippen LogP contribution in [0.5, 0.6) is 0 Å². The van der Waals surface area contributed by atoms with Crippen LogP contribution >= 0.6 is 11.3 Å². The van der Waals surface area contributed by atoms with Gasteiger partial charge >= 0.3 is 0 Å². The van der Waals surface area contributed by atoms with E-state index in [1.54, 1.807) is 0 Å². The van der Waals surface area contributed by atoms with Crippen LogP contribution in [0.2, 0.25) is 0 Å². The molecule has 0 spiro atoms. The molecular weight excluding hydrogens is 671 g/mol. The lowest BCUT2D eigenvalue weighted by molar-refractivity contribution is 1.30. The first kappa shape index (κ1) is 30.8. The zero-order valence-electron chi connectivity index (χ0n) is 29.4. The molecule has 0 N–H and O–H groups in total.